The predicted octanol–water partition coefficient (Wildman–Crippen LogP) is 2.21. The minimum absolute atomic E-state index is 0.163. The summed E-state index contributed by atoms with van der Waals surface area (Å²) in [4.78, 5) is 23.9. The minimum Gasteiger partial charge on any atom is -0.444 e. The third kappa shape index (κ3) is 4.19. The summed E-state index contributed by atoms with van der Waals surface area (Å²) >= 11 is 0. The van der Waals surface area contributed by atoms with Gasteiger partial charge in [-0.05, 0) is 32.0 Å². The van der Waals surface area contributed by atoms with Crippen molar-refractivity contribution in [3.8, 4) is 0 Å². The monoisotopic (exact) mass is 324 g/mol. The van der Waals surface area contributed by atoms with Gasteiger partial charge >= 0.3 is 6.09 Å². The molecule has 2 heterocycles. The lowest BCUT2D eigenvalue weighted by Gasteiger charge is -2.29. The average Bonchev–Trinajstić information content (AvgIpc) is 2.87. The molecule has 0 aromatic heterocycles. The van der Waals surface area contributed by atoms with Gasteiger partial charge in [0.15, 0.2) is 0 Å². The molecule has 2 aliphatic heterocycles. The first-order valence-corrected chi connectivity index (χ1v) is 7.57. The van der Waals surface area contributed by atoms with Crippen molar-refractivity contribution in [1.82, 2.24) is 0 Å². The number of morpholine rings is 1. The van der Waals surface area contributed by atoms with Gasteiger partial charge in [-0.2, -0.15) is 0 Å². The molecule has 1 aromatic rings. The number of ether oxygens (including phenoxy) is 2. The zero-order valence-corrected chi connectivity index (χ0v) is 13.3. The molecule has 0 saturated carbocycles. The Kier molecular flexibility index (Phi) is 5.92. The second kappa shape index (κ2) is 7.92. The van der Waals surface area contributed by atoms with E-state index in [0.717, 1.165) is 6.29 Å². The van der Waals surface area contributed by atoms with E-state index in [9.17, 15) is 9.18 Å². The number of hydrogen-bond donors (Lipinski definition) is 0. The van der Waals surface area contributed by atoms with Gasteiger partial charge in [0.2, 0.25) is 0 Å². The highest BCUT2D eigenvalue weighted by molar-refractivity contribution is 5.90. The van der Waals surface area contributed by atoms with Crippen LogP contribution in [0.25, 0.3) is 0 Å². The molecule has 0 N–H and O–H groups in total. The van der Waals surface area contributed by atoms with Crippen LogP contribution in [0, 0.1) is 5.82 Å². The van der Waals surface area contributed by atoms with Crippen molar-refractivity contribution in [3.05, 3.63) is 24.0 Å². The maximum atomic E-state index is 14.3. The number of carbonyl (C=O) groups excluding carboxylic acids is 2. The summed E-state index contributed by atoms with van der Waals surface area (Å²) in [5.74, 6) is -0.322. The Morgan fingerprint density at radius 1 is 1.30 bits per heavy atom. The molecular weight excluding hydrogens is 303 g/mol. The molecule has 7 heteroatoms. The summed E-state index contributed by atoms with van der Waals surface area (Å²) < 4.78 is 24.6. The quantitative estimate of drug-likeness (QED) is 0.781. The fourth-order valence-corrected chi connectivity index (χ4v) is 2.54. The van der Waals surface area contributed by atoms with E-state index in [1.807, 2.05) is 11.8 Å². The molecule has 1 atom stereocenters. The van der Waals surface area contributed by atoms with Crippen molar-refractivity contribution in [1.29, 1.82) is 0 Å². The zero-order chi connectivity index (χ0) is 16.8. The highest BCUT2D eigenvalue weighted by atomic mass is 19.1. The van der Waals surface area contributed by atoms with Crippen LogP contribution in [0.5, 0.6) is 0 Å². The van der Waals surface area contributed by atoms with Crippen LogP contribution in [0.15, 0.2) is 18.2 Å². The van der Waals surface area contributed by atoms with E-state index in [4.69, 9.17) is 14.3 Å². The number of nitrogens with zero attached hydrogens (tertiary/aromatic N) is 2. The number of halogens is 1. The van der Waals surface area contributed by atoms with E-state index in [0.29, 0.717) is 44.2 Å². The molecule has 2 fully saturated rings. The first-order valence-electron chi connectivity index (χ1n) is 7.57. The summed E-state index contributed by atoms with van der Waals surface area (Å²) in [6, 6.07) is 4.86. The number of hydrogen-bond acceptors (Lipinski definition) is 5. The Hall–Kier alpha value is -2.15. The van der Waals surface area contributed by atoms with E-state index >= 15 is 0 Å². The molecule has 0 aliphatic carbocycles. The number of cyclic esters (lactones) is 1. The van der Waals surface area contributed by atoms with Gasteiger partial charge in [0.1, 0.15) is 18.2 Å². The van der Waals surface area contributed by atoms with E-state index < -0.39 is 6.09 Å². The van der Waals surface area contributed by atoms with Crippen LogP contribution in [-0.2, 0) is 14.3 Å². The van der Waals surface area contributed by atoms with Crippen molar-refractivity contribution in [2.24, 2.45) is 0 Å². The molecule has 1 aromatic carbocycles. The van der Waals surface area contributed by atoms with Crippen molar-refractivity contribution in [2.75, 3.05) is 42.6 Å². The summed E-state index contributed by atoms with van der Waals surface area (Å²) in [7, 11) is 0. The average molecular weight is 324 g/mol. The number of amides is 1. The van der Waals surface area contributed by atoms with Crippen LogP contribution in [0.2, 0.25) is 0 Å². The first kappa shape index (κ1) is 17.2. The Morgan fingerprint density at radius 2 is 1.96 bits per heavy atom. The van der Waals surface area contributed by atoms with Gasteiger partial charge in [-0.25, -0.2) is 9.18 Å². The number of rotatable bonds is 2. The second-order valence-electron chi connectivity index (χ2n) is 5.28. The van der Waals surface area contributed by atoms with Gasteiger partial charge in [-0.3, -0.25) is 4.90 Å². The topological polar surface area (TPSA) is 59.1 Å². The van der Waals surface area contributed by atoms with Crippen LogP contribution in [-0.4, -0.2) is 51.3 Å². The molecule has 2 saturated heterocycles. The first-order chi connectivity index (χ1) is 11.1. The van der Waals surface area contributed by atoms with Crippen LogP contribution in [0.3, 0.4) is 0 Å². The Labute approximate surface area is 134 Å². The molecule has 126 valence electrons. The van der Waals surface area contributed by atoms with E-state index in [2.05, 4.69) is 0 Å². The van der Waals surface area contributed by atoms with E-state index in [1.54, 1.807) is 12.1 Å². The summed E-state index contributed by atoms with van der Waals surface area (Å²) in [5.41, 5.74) is 1.09. The molecule has 23 heavy (non-hydrogen) atoms. The van der Waals surface area contributed by atoms with Crippen molar-refractivity contribution in [2.45, 2.75) is 20.0 Å². The van der Waals surface area contributed by atoms with Gasteiger partial charge in [-0.15, -0.1) is 0 Å². The number of aldehydes is 1. The molecule has 0 spiro atoms. The lowest BCUT2D eigenvalue weighted by Crippen LogP contribution is -2.36. The summed E-state index contributed by atoms with van der Waals surface area (Å²) in [5, 5.41) is 0. The van der Waals surface area contributed by atoms with Gasteiger partial charge in [-0.1, -0.05) is 0 Å². The molecule has 0 radical (unpaired) electrons. The van der Waals surface area contributed by atoms with Gasteiger partial charge in [0.25, 0.3) is 0 Å². The normalized spacial score (nSPS) is 20.7. The maximum absolute atomic E-state index is 14.3. The summed E-state index contributed by atoms with van der Waals surface area (Å²) in [6.07, 6.45) is 0.167. The largest absolute Gasteiger partial charge is 0.444 e. The minimum atomic E-state index is -0.420. The lowest BCUT2D eigenvalue weighted by molar-refractivity contribution is -0.106. The fraction of sp³-hybridized carbons (Fsp3) is 0.500. The molecule has 6 nitrogen and oxygen atoms in total. The fourth-order valence-electron chi connectivity index (χ4n) is 2.54. The predicted molar refractivity (Wildman–Crippen MR) is 84.5 cm³/mol. The van der Waals surface area contributed by atoms with Crippen LogP contribution < -0.4 is 9.80 Å². The number of anilines is 2. The Bertz CT molecular complexity index is 561. The van der Waals surface area contributed by atoms with Gasteiger partial charge in [0.05, 0.1) is 31.1 Å². The van der Waals surface area contributed by atoms with Crippen LogP contribution in [0.1, 0.15) is 13.8 Å². The van der Waals surface area contributed by atoms with Crippen molar-refractivity contribution < 1.29 is 23.5 Å². The van der Waals surface area contributed by atoms with Gasteiger partial charge in [0, 0.05) is 13.1 Å². The molecule has 1 amide bonds. The van der Waals surface area contributed by atoms with Crippen LogP contribution >= 0.6 is 0 Å². The van der Waals surface area contributed by atoms with E-state index in [1.165, 1.54) is 17.9 Å². The van der Waals surface area contributed by atoms with Crippen molar-refractivity contribution in [3.63, 3.8) is 0 Å². The molecule has 2 aliphatic rings. The highest BCUT2D eigenvalue weighted by Crippen LogP contribution is 2.28. The molecule has 0 bridgehead atoms. The lowest BCUT2D eigenvalue weighted by atomic mass is 10.2. The number of benzene rings is 1. The third-order valence-electron chi connectivity index (χ3n) is 3.56. The zero-order valence-electron chi connectivity index (χ0n) is 13.3. The highest BCUT2D eigenvalue weighted by Gasteiger charge is 2.30. The summed E-state index contributed by atoms with van der Waals surface area (Å²) in [6.45, 7) is 6.29. The second-order valence-corrected chi connectivity index (χ2v) is 5.28. The van der Waals surface area contributed by atoms with Crippen LogP contribution in [0.4, 0.5) is 20.6 Å². The molecular formula is C16H21FN2O4. The van der Waals surface area contributed by atoms with Crippen molar-refractivity contribution >= 4 is 23.8 Å². The Morgan fingerprint density at radius 3 is 2.48 bits per heavy atom. The SMILES string of the molecule is CC1CN(c2ccc(N3CCOCC3)c(F)c2)C(=O)O1.CC=O. The standard InChI is InChI=1S/C14H17FN2O3.C2H4O/c1-10-9-17(14(18)20-10)11-2-3-13(12(15)8-11)16-4-6-19-7-5-16;1-2-3/h2-3,8,10H,4-7,9H2,1H3;2H,1H3. The number of carbonyl (C=O) groups is 2. The smallest absolute Gasteiger partial charge is 0.414 e. The van der Waals surface area contributed by atoms with E-state index in [-0.39, 0.29) is 11.9 Å². The maximum Gasteiger partial charge on any atom is 0.414 e. The molecule has 1 unspecified atom stereocenters. The van der Waals surface area contributed by atoms with Gasteiger partial charge < -0.3 is 19.2 Å². The third-order valence-corrected chi connectivity index (χ3v) is 3.56. The molecule has 3 rings (SSSR count). The Balaban J connectivity index is 0.000000595.